The van der Waals surface area contributed by atoms with Crippen LogP contribution in [0.3, 0.4) is 0 Å². The number of ether oxygens (including phenoxy) is 1. The van der Waals surface area contributed by atoms with Crippen molar-refractivity contribution in [3.8, 4) is 0 Å². The molecule has 6 fully saturated rings. The minimum absolute atomic E-state index is 0.0164. The highest BCUT2D eigenvalue weighted by Crippen LogP contribution is 2.72. The third-order valence-electron chi connectivity index (χ3n) is 4.83. The Hall–Kier alpha value is -0.180. The maximum atomic E-state index is 11.7. The van der Waals surface area contributed by atoms with Crippen LogP contribution in [0, 0.1) is 23.2 Å². The number of esters is 1. The van der Waals surface area contributed by atoms with E-state index < -0.39 is 0 Å². The Bertz CT molecular complexity index is 316. The van der Waals surface area contributed by atoms with Crippen molar-refractivity contribution in [3.63, 3.8) is 0 Å². The van der Waals surface area contributed by atoms with Gasteiger partial charge in [0.15, 0.2) is 0 Å². The van der Waals surface area contributed by atoms with Gasteiger partial charge in [-0.25, -0.2) is 0 Å². The highest BCUT2D eigenvalue weighted by atomic mass is 32.1. The van der Waals surface area contributed by atoms with Gasteiger partial charge in [0.05, 0.1) is 5.41 Å². The highest BCUT2D eigenvalue weighted by molar-refractivity contribution is 7.81. The molecule has 70 valence electrons. The van der Waals surface area contributed by atoms with Crippen molar-refractivity contribution < 1.29 is 9.53 Å². The van der Waals surface area contributed by atoms with Gasteiger partial charge < -0.3 is 4.74 Å². The molecule has 5 saturated carbocycles. The van der Waals surface area contributed by atoms with E-state index in [1.54, 1.807) is 0 Å². The van der Waals surface area contributed by atoms with Gasteiger partial charge in [-0.1, -0.05) is 0 Å². The van der Waals surface area contributed by atoms with Crippen molar-refractivity contribution in [1.82, 2.24) is 0 Å². The normalized spacial score (nSPS) is 66.2. The maximum absolute atomic E-state index is 11.7. The fourth-order valence-corrected chi connectivity index (χ4v) is 4.89. The molecule has 0 N–H and O–H groups in total. The van der Waals surface area contributed by atoms with Crippen LogP contribution in [-0.2, 0) is 9.53 Å². The van der Waals surface area contributed by atoms with Gasteiger partial charge in [0.2, 0.25) is 0 Å². The standard InChI is InChI=1S/C10H12O2S/c11-9-10-2-4-1-5(3-10)8(13)7(12-9)6(4)10/h4-8,13H,1-3H2. The average molecular weight is 196 g/mol. The second-order valence-electron chi connectivity index (χ2n) is 5.21. The zero-order valence-electron chi connectivity index (χ0n) is 7.27. The van der Waals surface area contributed by atoms with E-state index in [-0.39, 0.29) is 17.5 Å². The topological polar surface area (TPSA) is 26.3 Å². The Kier molecular flexibility index (Phi) is 0.984. The molecule has 3 heteroatoms. The van der Waals surface area contributed by atoms with Crippen LogP contribution in [0.1, 0.15) is 19.3 Å². The van der Waals surface area contributed by atoms with E-state index >= 15 is 0 Å². The lowest BCUT2D eigenvalue weighted by atomic mass is 9.40. The van der Waals surface area contributed by atoms with Crippen LogP contribution in [0.15, 0.2) is 0 Å². The van der Waals surface area contributed by atoms with Crippen molar-refractivity contribution in [2.45, 2.75) is 30.6 Å². The molecule has 6 aliphatic rings. The summed E-state index contributed by atoms with van der Waals surface area (Å²) in [4.78, 5) is 11.7. The van der Waals surface area contributed by atoms with Crippen molar-refractivity contribution in [3.05, 3.63) is 0 Å². The van der Waals surface area contributed by atoms with E-state index in [0.717, 1.165) is 18.8 Å². The Morgan fingerprint density at radius 2 is 2.15 bits per heavy atom. The molecule has 0 radical (unpaired) electrons. The van der Waals surface area contributed by atoms with E-state index in [2.05, 4.69) is 12.6 Å². The molecule has 1 saturated heterocycles. The molecular weight excluding hydrogens is 184 g/mol. The fraction of sp³-hybridized carbons (Fsp3) is 0.900. The number of thiol groups is 1. The second kappa shape index (κ2) is 1.79. The molecule has 0 amide bonds. The smallest absolute Gasteiger partial charge is 0.312 e. The van der Waals surface area contributed by atoms with Gasteiger partial charge in [-0.15, -0.1) is 0 Å². The van der Waals surface area contributed by atoms with Gasteiger partial charge in [-0.2, -0.15) is 12.6 Å². The third kappa shape index (κ3) is 0.543. The van der Waals surface area contributed by atoms with Gasteiger partial charge >= 0.3 is 5.97 Å². The van der Waals surface area contributed by atoms with Crippen molar-refractivity contribution >= 4 is 18.6 Å². The number of rotatable bonds is 0. The van der Waals surface area contributed by atoms with Crippen molar-refractivity contribution in [1.29, 1.82) is 0 Å². The summed E-state index contributed by atoms with van der Waals surface area (Å²) in [6.45, 7) is 0. The van der Waals surface area contributed by atoms with E-state index in [1.165, 1.54) is 6.42 Å². The summed E-state index contributed by atoms with van der Waals surface area (Å²) in [6.07, 6.45) is 3.65. The summed E-state index contributed by atoms with van der Waals surface area (Å²) in [5, 5.41) is 0.334. The first-order chi connectivity index (χ1) is 6.22. The minimum atomic E-state index is -0.0164. The molecule has 1 aliphatic heterocycles. The lowest BCUT2D eigenvalue weighted by Gasteiger charge is -2.61. The fourth-order valence-electron chi connectivity index (χ4n) is 4.42. The SMILES string of the molecule is O=C1OC2C(S)C3CC4CC1(C3)C42. The summed E-state index contributed by atoms with van der Waals surface area (Å²) >= 11 is 4.59. The largest absolute Gasteiger partial charge is 0.460 e. The Morgan fingerprint density at radius 3 is 2.92 bits per heavy atom. The Labute approximate surface area is 82.4 Å². The van der Waals surface area contributed by atoms with E-state index in [4.69, 9.17) is 4.74 Å². The zero-order valence-corrected chi connectivity index (χ0v) is 8.17. The van der Waals surface area contributed by atoms with Crippen molar-refractivity contribution in [2.75, 3.05) is 0 Å². The molecule has 5 aliphatic carbocycles. The summed E-state index contributed by atoms with van der Waals surface area (Å²) in [6, 6.07) is 0. The lowest BCUT2D eigenvalue weighted by Crippen LogP contribution is -2.63. The molecule has 5 bridgehead atoms. The first-order valence-corrected chi connectivity index (χ1v) is 5.63. The number of hydrogen-bond donors (Lipinski definition) is 1. The molecule has 6 rings (SSSR count). The summed E-state index contributed by atoms with van der Waals surface area (Å²) in [5.41, 5.74) is -0.0164. The number of hydrogen-bond acceptors (Lipinski definition) is 3. The van der Waals surface area contributed by atoms with Crippen LogP contribution in [0.25, 0.3) is 0 Å². The zero-order chi connectivity index (χ0) is 8.79. The first kappa shape index (κ1) is 7.16. The predicted octanol–water partition coefficient (Wildman–Crippen LogP) is 1.26. The molecule has 1 heterocycles. The first-order valence-electron chi connectivity index (χ1n) is 5.11. The Balaban J connectivity index is 1.90. The van der Waals surface area contributed by atoms with Crippen LogP contribution in [0.2, 0.25) is 0 Å². The van der Waals surface area contributed by atoms with Crippen molar-refractivity contribution in [2.24, 2.45) is 23.2 Å². The molecule has 6 unspecified atom stereocenters. The van der Waals surface area contributed by atoms with Gasteiger partial charge in [-0.3, -0.25) is 4.79 Å². The van der Waals surface area contributed by atoms with Crippen LogP contribution in [0.4, 0.5) is 0 Å². The van der Waals surface area contributed by atoms with Crippen LogP contribution < -0.4 is 0 Å². The molecule has 0 aromatic rings. The maximum Gasteiger partial charge on any atom is 0.312 e. The van der Waals surface area contributed by atoms with Crippen LogP contribution in [0.5, 0.6) is 0 Å². The van der Waals surface area contributed by atoms with Gasteiger partial charge in [0.1, 0.15) is 6.10 Å². The van der Waals surface area contributed by atoms with E-state index in [1.807, 2.05) is 0 Å². The summed E-state index contributed by atoms with van der Waals surface area (Å²) < 4.78 is 5.46. The van der Waals surface area contributed by atoms with Crippen LogP contribution >= 0.6 is 12.6 Å². The lowest BCUT2D eigenvalue weighted by molar-refractivity contribution is -0.161. The minimum Gasteiger partial charge on any atom is -0.460 e. The van der Waals surface area contributed by atoms with Gasteiger partial charge in [0.25, 0.3) is 0 Å². The van der Waals surface area contributed by atoms with Crippen LogP contribution in [-0.4, -0.2) is 17.3 Å². The molecule has 6 atom stereocenters. The summed E-state index contributed by atoms with van der Waals surface area (Å²) in [5.74, 6) is 2.09. The average Bonchev–Trinajstić information content (AvgIpc) is 2.30. The van der Waals surface area contributed by atoms with Gasteiger partial charge in [0, 0.05) is 11.2 Å². The van der Waals surface area contributed by atoms with Gasteiger partial charge in [-0.05, 0) is 31.1 Å². The number of carbonyl (C=O) groups excluding carboxylic acids is 1. The second-order valence-corrected chi connectivity index (χ2v) is 5.80. The summed E-state index contributed by atoms with van der Waals surface area (Å²) in [7, 11) is 0. The molecule has 2 nitrogen and oxygen atoms in total. The quantitative estimate of drug-likeness (QED) is 0.466. The molecule has 1 spiro atoms. The number of carbonyl (C=O) groups is 1. The Morgan fingerprint density at radius 1 is 1.38 bits per heavy atom. The molecule has 0 aromatic carbocycles. The third-order valence-corrected chi connectivity index (χ3v) is 5.54. The van der Waals surface area contributed by atoms with E-state index in [0.29, 0.717) is 17.1 Å². The molecule has 0 aromatic heterocycles. The molecule has 13 heavy (non-hydrogen) atoms. The highest BCUT2D eigenvalue weighted by Gasteiger charge is 2.75. The molecular formula is C10H12O2S. The van der Waals surface area contributed by atoms with E-state index in [9.17, 15) is 4.79 Å². The predicted molar refractivity (Wildman–Crippen MR) is 49.4 cm³/mol. The monoisotopic (exact) mass is 196 g/mol.